The fourth-order valence-corrected chi connectivity index (χ4v) is 2.61. The molecule has 1 amide bonds. The summed E-state index contributed by atoms with van der Waals surface area (Å²) in [4.78, 5) is 18.5. The summed E-state index contributed by atoms with van der Waals surface area (Å²) in [5, 5.41) is 8.26. The third-order valence-corrected chi connectivity index (χ3v) is 3.96. The molecule has 1 aromatic carbocycles. The fraction of sp³-hybridized carbons (Fsp3) is 0.222. The van der Waals surface area contributed by atoms with Crippen LogP contribution in [0, 0.1) is 5.82 Å². The van der Waals surface area contributed by atoms with Gasteiger partial charge in [-0.25, -0.2) is 9.18 Å². The highest BCUT2D eigenvalue weighted by molar-refractivity contribution is 5.87. The lowest BCUT2D eigenvalue weighted by atomic mass is 10.1. The van der Waals surface area contributed by atoms with E-state index in [0.717, 1.165) is 5.56 Å². The summed E-state index contributed by atoms with van der Waals surface area (Å²) < 4.78 is 14.5. The van der Waals surface area contributed by atoms with Crippen LogP contribution in [0.15, 0.2) is 48.8 Å². The lowest BCUT2D eigenvalue weighted by Crippen LogP contribution is -2.35. The summed E-state index contributed by atoms with van der Waals surface area (Å²) in [5.74, 6) is -0.333. The molecule has 0 saturated heterocycles. The van der Waals surface area contributed by atoms with Crippen molar-refractivity contribution in [2.45, 2.75) is 13.8 Å². The Morgan fingerprint density at radius 1 is 1.04 bits per heavy atom. The molecule has 0 aliphatic carbocycles. The number of halogens is 1. The molecule has 0 fully saturated rings. The van der Waals surface area contributed by atoms with E-state index >= 15 is 0 Å². The van der Waals surface area contributed by atoms with Gasteiger partial charge in [0.05, 0.1) is 0 Å². The van der Waals surface area contributed by atoms with Crippen LogP contribution in [-0.4, -0.2) is 44.0 Å². The number of amides is 1. The highest BCUT2D eigenvalue weighted by atomic mass is 19.1. The molecule has 3 rings (SSSR count). The first kappa shape index (κ1) is 16.8. The van der Waals surface area contributed by atoms with E-state index in [-0.39, 0.29) is 11.8 Å². The van der Waals surface area contributed by atoms with Crippen molar-refractivity contribution in [3.8, 4) is 22.5 Å². The van der Waals surface area contributed by atoms with E-state index in [9.17, 15) is 9.18 Å². The Balaban J connectivity index is 2.17. The summed E-state index contributed by atoms with van der Waals surface area (Å²) in [6.07, 6.45) is 3.28. The normalized spacial score (nSPS) is 10.7. The minimum Gasteiger partial charge on any atom is -0.323 e. The first-order valence-electron chi connectivity index (χ1n) is 8.07. The SMILES string of the molecule is CCN(CC)C(=O)n1nnc(-c2ccc(F)cc2)c1-c1ccncc1. The Kier molecular flexibility index (Phi) is 4.83. The number of benzene rings is 1. The minimum absolute atomic E-state index is 0.252. The van der Waals surface area contributed by atoms with Gasteiger partial charge in [0.2, 0.25) is 0 Å². The molecule has 6 nitrogen and oxygen atoms in total. The van der Waals surface area contributed by atoms with Gasteiger partial charge < -0.3 is 4.90 Å². The van der Waals surface area contributed by atoms with Crippen LogP contribution < -0.4 is 0 Å². The van der Waals surface area contributed by atoms with E-state index in [1.807, 2.05) is 13.8 Å². The van der Waals surface area contributed by atoms with Crippen LogP contribution in [0.3, 0.4) is 0 Å². The number of hydrogen-bond acceptors (Lipinski definition) is 4. The molecule has 2 heterocycles. The van der Waals surface area contributed by atoms with Crippen molar-refractivity contribution < 1.29 is 9.18 Å². The van der Waals surface area contributed by atoms with Crippen LogP contribution in [0.4, 0.5) is 9.18 Å². The summed E-state index contributed by atoms with van der Waals surface area (Å²) in [7, 11) is 0. The smallest absolute Gasteiger partial charge is 0.323 e. The Bertz CT molecular complexity index is 857. The predicted octanol–water partition coefficient (Wildman–Crippen LogP) is 3.46. The van der Waals surface area contributed by atoms with Gasteiger partial charge >= 0.3 is 6.03 Å². The van der Waals surface area contributed by atoms with E-state index in [2.05, 4.69) is 15.3 Å². The van der Waals surface area contributed by atoms with Crippen molar-refractivity contribution in [3.05, 3.63) is 54.6 Å². The molecule has 7 heteroatoms. The number of carbonyl (C=O) groups is 1. The summed E-state index contributed by atoms with van der Waals surface area (Å²) in [6, 6.07) is 9.29. The maximum Gasteiger partial charge on any atom is 0.346 e. The van der Waals surface area contributed by atoms with Crippen molar-refractivity contribution in [2.24, 2.45) is 0 Å². The maximum atomic E-state index is 13.2. The molecule has 0 atom stereocenters. The van der Waals surface area contributed by atoms with Crippen molar-refractivity contribution in [3.63, 3.8) is 0 Å². The molecule has 0 aliphatic heterocycles. The first-order valence-corrected chi connectivity index (χ1v) is 8.07. The molecule has 0 radical (unpaired) electrons. The molecule has 128 valence electrons. The van der Waals surface area contributed by atoms with Gasteiger partial charge in [-0.05, 0) is 50.2 Å². The van der Waals surface area contributed by atoms with Gasteiger partial charge in [-0.2, -0.15) is 4.68 Å². The number of aromatic nitrogens is 4. The largest absolute Gasteiger partial charge is 0.346 e. The van der Waals surface area contributed by atoms with Gasteiger partial charge in [-0.1, -0.05) is 5.21 Å². The Morgan fingerprint density at radius 2 is 1.68 bits per heavy atom. The Morgan fingerprint density at radius 3 is 2.28 bits per heavy atom. The van der Waals surface area contributed by atoms with Gasteiger partial charge in [-0.3, -0.25) is 4.98 Å². The Labute approximate surface area is 144 Å². The van der Waals surface area contributed by atoms with Gasteiger partial charge in [0.1, 0.15) is 17.2 Å². The quantitative estimate of drug-likeness (QED) is 0.730. The van der Waals surface area contributed by atoms with Crippen LogP contribution in [0.25, 0.3) is 22.5 Å². The van der Waals surface area contributed by atoms with Crippen LogP contribution in [-0.2, 0) is 0 Å². The van der Waals surface area contributed by atoms with Crippen LogP contribution in [0.2, 0.25) is 0 Å². The van der Waals surface area contributed by atoms with Gasteiger partial charge in [0, 0.05) is 36.6 Å². The van der Waals surface area contributed by atoms with Gasteiger partial charge in [0.25, 0.3) is 0 Å². The zero-order valence-corrected chi connectivity index (χ0v) is 14.1. The molecule has 3 aromatic rings. The van der Waals surface area contributed by atoms with Crippen LogP contribution >= 0.6 is 0 Å². The number of pyridine rings is 1. The molecule has 0 unspecified atom stereocenters. The zero-order valence-electron chi connectivity index (χ0n) is 14.1. The van der Waals surface area contributed by atoms with E-state index in [1.54, 1.807) is 41.6 Å². The lowest BCUT2D eigenvalue weighted by molar-refractivity contribution is 0.201. The third-order valence-electron chi connectivity index (χ3n) is 3.96. The molecular weight excluding hydrogens is 321 g/mol. The van der Waals surface area contributed by atoms with Crippen molar-refractivity contribution in [1.29, 1.82) is 0 Å². The average molecular weight is 339 g/mol. The molecule has 0 saturated carbocycles. The minimum atomic E-state index is -0.333. The second-order valence-electron chi connectivity index (χ2n) is 5.40. The number of rotatable bonds is 4. The zero-order chi connectivity index (χ0) is 17.8. The monoisotopic (exact) mass is 339 g/mol. The van der Waals surface area contributed by atoms with Gasteiger partial charge in [-0.15, -0.1) is 5.10 Å². The summed E-state index contributed by atoms with van der Waals surface area (Å²) in [5.41, 5.74) is 2.53. The summed E-state index contributed by atoms with van der Waals surface area (Å²) in [6.45, 7) is 4.95. The van der Waals surface area contributed by atoms with Crippen LogP contribution in [0.1, 0.15) is 13.8 Å². The molecule has 0 spiro atoms. The summed E-state index contributed by atoms with van der Waals surface area (Å²) >= 11 is 0. The fourth-order valence-electron chi connectivity index (χ4n) is 2.61. The number of nitrogens with zero attached hydrogens (tertiary/aromatic N) is 5. The van der Waals surface area contributed by atoms with Crippen molar-refractivity contribution in [2.75, 3.05) is 13.1 Å². The standard InChI is InChI=1S/C18H18FN5O/c1-3-23(4-2)18(25)24-17(14-9-11-20-12-10-14)16(21-22-24)13-5-7-15(19)8-6-13/h5-12H,3-4H2,1-2H3. The molecule has 2 aromatic heterocycles. The number of hydrogen-bond donors (Lipinski definition) is 0. The molecular formula is C18H18FN5O. The second kappa shape index (κ2) is 7.21. The van der Waals surface area contributed by atoms with Crippen molar-refractivity contribution >= 4 is 6.03 Å². The van der Waals surface area contributed by atoms with E-state index in [0.29, 0.717) is 30.0 Å². The molecule has 0 aliphatic rings. The third kappa shape index (κ3) is 3.26. The molecule has 0 bridgehead atoms. The first-order chi connectivity index (χ1) is 12.2. The highest BCUT2D eigenvalue weighted by Crippen LogP contribution is 2.30. The highest BCUT2D eigenvalue weighted by Gasteiger charge is 2.23. The van der Waals surface area contributed by atoms with E-state index in [1.165, 1.54) is 16.8 Å². The lowest BCUT2D eigenvalue weighted by Gasteiger charge is -2.19. The maximum absolute atomic E-state index is 13.2. The predicted molar refractivity (Wildman–Crippen MR) is 92.4 cm³/mol. The Hall–Kier alpha value is -3.09. The van der Waals surface area contributed by atoms with Gasteiger partial charge in [0.15, 0.2) is 0 Å². The molecule has 0 N–H and O–H groups in total. The number of carbonyl (C=O) groups excluding carboxylic acids is 1. The second-order valence-corrected chi connectivity index (χ2v) is 5.40. The topological polar surface area (TPSA) is 63.9 Å². The van der Waals surface area contributed by atoms with E-state index < -0.39 is 0 Å². The van der Waals surface area contributed by atoms with Crippen molar-refractivity contribution in [1.82, 2.24) is 24.9 Å². The average Bonchev–Trinajstić information content (AvgIpc) is 3.09. The molecule has 25 heavy (non-hydrogen) atoms. The van der Waals surface area contributed by atoms with Crippen LogP contribution in [0.5, 0.6) is 0 Å². The van der Waals surface area contributed by atoms with E-state index in [4.69, 9.17) is 0 Å².